The fraction of sp³-hybridized carbons (Fsp3) is 0. The summed E-state index contributed by atoms with van der Waals surface area (Å²) in [6.07, 6.45) is 0. The quantitative estimate of drug-likeness (QED) is 0.183. The lowest BCUT2D eigenvalue weighted by atomic mass is 9.84. The van der Waals surface area contributed by atoms with Gasteiger partial charge < -0.3 is 0 Å². The molecule has 0 nitrogen and oxygen atoms in total. The van der Waals surface area contributed by atoms with Crippen LogP contribution in [0.15, 0.2) is 169 Å². The van der Waals surface area contributed by atoms with E-state index >= 15 is 0 Å². The Morgan fingerprint density at radius 2 is 0.864 bits per heavy atom. The second-order valence-corrected chi connectivity index (χ2v) is 10.1. The second-order valence-electron chi connectivity index (χ2n) is 10.1. The van der Waals surface area contributed by atoms with E-state index in [1.54, 1.807) is 24.3 Å². The van der Waals surface area contributed by atoms with Gasteiger partial charge in [-0.05, 0) is 105 Å². The van der Waals surface area contributed by atoms with Gasteiger partial charge in [-0.3, -0.25) is 0 Å². The van der Waals surface area contributed by atoms with Crippen LogP contribution in [0, 0.1) is 0 Å². The van der Waals surface area contributed by atoms with Crippen molar-refractivity contribution in [2.24, 2.45) is 0 Å². The van der Waals surface area contributed by atoms with Gasteiger partial charge in [-0.1, -0.05) is 151 Å². The van der Waals surface area contributed by atoms with Crippen LogP contribution in [-0.4, -0.2) is 0 Å². The van der Waals surface area contributed by atoms with Crippen molar-refractivity contribution in [2.75, 3.05) is 0 Å². The lowest BCUT2D eigenvalue weighted by Gasteiger charge is -2.19. The predicted octanol–water partition coefficient (Wildman–Crippen LogP) is 12.5. The second kappa shape index (κ2) is 9.93. The molecule has 204 valence electrons. The molecule has 0 N–H and O–H groups in total. The van der Waals surface area contributed by atoms with Crippen LogP contribution in [0.4, 0.5) is 0 Å². The molecule has 0 bridgehead atoms. The zero-order chi connectivity index (χ0) is 47.3. The van der Waals surface area contributed by atoms with E-state index in [2.05, 4.69) is 0 Å². The Morgan fingerprint density at radius 3 is 1.52 bits per heavy atom. The minimum Gasteiger partial charge on any atom is -0.0616 e. The topological polar surface area (TPSA) is 0 Å². The Balaban J connectivity index is 1.57. The fourth-order valence-corrected chi connectivity index (χ4v) is 5.71. The Labute approximate surface area is 286 Å². The first-order chi connectivity index (χ1) is 30.6. The lowest BCUT2D eigenvalue weighted by Crippen LogP contribution is -1.92. The average Bonchev–Trinajstić information content (AvgIpc) is 3.29. The van der Waals surface area contributed by atoms with Crippen molar-refractivity contribution in [1.82, 2.24) is 0 Å². The largest absolute Gasteiger partial charge is 0.0636 e. The van der Waals surface area contributed by atoms with Crippen LogP contribution in [-0.2, 0) is 0 Å². The maximum absolute atomic E-state index is 9.59. The number of fused-ring (bicyclic) bond motifs is 5. The van der Waals surface area contributed by atoms with E-state index in [0.717, 1.165) is 0 Å². The van der Waals surface area contributed by atoms with Crippen LogP contribution < -0.4 is 0 Å². The fourth-order valence-electron chi connectivity index (χ4n) is 5.71. The van der Waals surface area contributed by atoms with Crippen LogP contribution in [0.2, 0.25) is 0 Å². The molecule has 0 aliphatic carbocycles. The number of hydrogen-bond donors (Lipinski definition) is 0. The van der Waals surface area contributed by atoms with Gasteiger partial charge in [0.25, 0.3) is 0 Å². The molecule has 0 aromatic heterocycles. The van der Waals surface area contributed by atoms with Gasteiger partial charge in [-0.15, -0.1) is 0 Å². The van der Waals surface area contributed by atoms with Crippen LogP contribution >= 0.6 is 0 Å². The minimum atomic E-state index is -0.693. The van der Waals surface area contributed by atoms with Gasteiger partial charge in [0.15, 0.2) is 0 Å². The van der Waals surface area contributed by atoms with E-state index < -0.39 is 127 Å². The first kappa shape index (κ1) is 11.8. The zero-order valence-corrected chi connectivity index (χ0v) is 22.5. The summed E-state index contributed by atoms with van der Waals surface area (Å²) in [5.74, 6) is 0. The highest BCUT2D eigenvalue weighted by molar-refractivity contribution is 6.22. The first-order valence-electron chi connectivity index (χ1n) is 24.1. The third-order valence-corrected chi connectivity index (χ3v) is 7.63. The number of hydrogen-bond acceptors (Lipinski definition) is 0. The molecule has 0 saturated carbocycles. The van der Waals surface area contributed by atoms with E-state index in [-0.39, 0.29) is 87.2 Å². The molecule has 9 rings (SSSR count). The molecule has 0 aliphatic heterocycles. The molecule has 9 aromatic rings. The summed E-state index contributed by atoms with van der Waals surface area (Å²) in [5, 5.41) is -1.43. The van der Waals surface area contributed by atoms with E-state index in [1.807, 2.05) is 0 Å². The SMILES string of the molecule is [2H]c1c([2H])c([2H])c2c([2H])c(-c3c4ccccc4c(-c4c([2H])c([2H])c5c([2H])c([2H])c([2H])c([2H])c5c4[2H])c4cc(-c5c([2H])c([2H])c([2H])c6c([2H])c([2H])c([2H])c([2H])c56)ccc34)c([2H])c([2H])c2c1[2H]. The van der Waals surface area contributed by atoms with Gasteiger partial charge >= 0.3 is 0 Å². The van der Waals surface area contributed by atoms with E-state index in [1.165, 1.54) is 18.2 Å². The Hall–Kier alpha value is -5.72. The molecular formula is C44H28. The number of rotatable bonds is 3. The van der Waals surface area contributed by atoms with Crippen LogP contribution in [0.25, 0.3) is 87.2 Å². The molecule has 9 aromatic carbocycles. The van der Waals surface area contributed by atoms with Gasteiger partial charge in [-0.25, -0.2) is 0 Å². The molecule has 44 heavy (non-hydrogen) atoms. The molecule has 0 heteroatoms. The molecule has 0 atom stereocenters. The van der Waals surface area contributed by atoms with Crippen molar-refractivity contribution in [2.45, 2.75) is 0 Å². The summed E-state index contributed by atoms with van der Waals surface area (Å²) in [6, 6.07) is -2.60. The van der Waals surface area contributed by atoms with E-state index in [9.17, 15) is 5.48 Å². The summed E-state index contributed by atoms with van der Waals surface area (Å²) < 4.78 is 185. The summed E-state index contributed by atoms with van der Waals surface area (Å²) in [7, 11) is 0. The molecular weight excluding hydrogens is 528 g/mol. The van der Waals surface area contributed by atoms with Crippen LogP contribution in [0.1, 0.15) is 28.8 Å². The summed E-state index contributed by atoms with van der Waals surface area (Å²) in [4.78, 5) is 0. The third kappa shape index (κ3) is 3.92. The lowest BCUT2D eigenvalue weighted by molar-refractivity contribution is 1.66. The zero-order valence-electron chi connectivity index (χ0n) is 43.5. The average molecular weight is 578 g/mol. The smallest absolute Gasteiger partial charge is 0.0616 e. The van der Waals surface area contributed by atoms with E-state index in [0.29, 0.717) is 0 Å². The van der Waals surface area contributed by atoms with Crippen molar-refractivity contribution in [3.63, 3.8) is 0 Å². The summed E-state index contributed by atoms with van der Waals surface area (Å²) in [6.45, 7) is 0. The maximum Gasteiger partial charge on any atom is 0.0636 e. The minimum absolute atomic E-state index is 0.0202. The molecule has 0 radical (unpaired) electrons. The highest BCUT2D eigenvalue weighted by atomic mass is 14.2. The highest BCUT2D eigenvalue weighted by Crippen LogP contribution is 2.46. The van der Waals surface area contributed by atoms with Crippen molar-refractivity contribution in [1.29, 1.82) is 0 Å². The molecule has 0 fully saturated rings. The van der Waals surface area contributed by atoms with Gasteiger partial charge in [0, 0.05) is 0 Å². The van der Waals surface area contributed by atoms with Crippen LogP contribution in [0.3, 0.4) is 0 Å². The Morgan fingerprint density at radius 1 is 0.341 bits per heavy atom. The van der Waals surface area contributed by atoms with Gasteiger partial charge in [0.2, 0.25) is 0 Å². The first-order valence-corrected chi connectivity index (χ1v) is 13.6. The number of benzene rings is 9. The monoisotopic (exact) mass is 577 g/mol. The van der Waals surface area contributed by atoms with Gasteiger partial charge in [-0.2, -0.15) is 0 Å². The highest BCUT2D eigenvalue weighted by Gasteiger charge is 2.18. The molecule has 0 saturated heterocycles. The molecule has 0 aliphatic rings. The van der Waals surface area contributed by atoms with Gasteiger partial charge in [0.05, 0.1) is 28.8 Å². The van der Waals surface area contributed by atoms with Crippen molar-refractivity contribution >= 4 is 53.9 Å². The Bertz CT molecular complexity index is 3720. The van der Waals surface area contributed by atoms with Crippen molar-refractivity contribution < 1.29 is 28.8 Å². The molecule has 0 heterocycles. The molecule has 0 amide bonds. The molecule has 0 unspecified atom stereocenters. The van der Waals surface area contributed by atoms with Crippen molar-refractivity contribution in [3.8, 4) is 33.4 Å². The standard InChI is InChI=1S/C44H28/c1-3-13-32-26-35(22-20-29(32)10-1)43-39-17-7-8-18-40(39)44(36-23-21-30-11-2-4-14-33(30)27-36)42-28-34(24-25-41(42)43)38-19-9-15-31-12-5-6-16-37(31)38/h1-28H/i1D,2D,3D,4D,5D,6D,9D,10D,11D,12D,13D,14D,15D,16D,19D,20D,21D,22D,23D,26D,27D. The summed E-state index contributed by atoms with van der Waals surface area (Å²) in [5.41, 5.74) is -0.593. The normalized spacial score (nSPS) is 18.3. The van der Waals surface area contributed by atoms with Crippen LogP contribution in [0.5, 0.6) is 0 Å². The van der Waals surface area contributed by atoms with E-state index in [4.69, 9.17) is 23.3 Å². The summed E-state index contributed by atoms with van der Waals surface area (Å²) >= 11 is 0. The molecule has 0 spiro atoms. The maximum atomic E-state index is 9.59. The predicted molar refractivity (Wildman–Crippen MR) is 190 cm³/mol. The van der Waals surface area contributed by atoms with Gasteiger partial charge in [0.1, 0.15) is 0 Å². The Kier molecular flexibility index (Phi) is 2.65. The van der Waals surface area contributed by atoms with Crippen molar-refractivity contribution in [3.05, 3.63) is 169 Å². The third-order valence-electron chi connectivity index (χ3n) is 7.63.